The molecule has 3 aromatic rings. The Kier molecular flexibility index (Phi) is 5.26. The van der Waals surface area contributed by atoms with Gasteiger partial charge in [-0.2, -0.15) is 0 Å². The van der Waals surface area contributed by atoms with E-state index in [9.17, 15) is 19.2 Å². The Hall–Kier alpha value is -4.00. The molecule has 0 aliphatic carbocycles. The van der Waals surface area contributed by atoms with Crippen LogP contribution in [-0.4, -0.2) is 34.7 Å². The van der Waals surface area contributed by atoms with Gasteiger partial charge < -0.3 is 9.30 Å². The number of carbonyl (C=O) groups is 4. The normalized spacial score (nSPS) is 12.8. The average molecular weight is 430 g/mol. The number of anilines is 1. The number of nitrogens with zero attached hydrogens (tertiary/aromatic N) is 2. The highest BCUT2D eigenvalue weighted by atomic mass is 16.5. The summed E-state index contributed by atoms with van der Waals surface area (Å²) in [5.41, 5.74) is 3.97. The summed E-state index contributed by atoms with van der Waals surface area (Å²) in [6.07, 6.45) is 0. The fourth-order valence-corrected chi connectivity index (χ4v) is 3.83. The van der Waals surface area contributed by atoms with Crippen LogP contribution in [0.5, 0.6) is 0 Å². The molecule has 7 nitrogen and oxygen atoms in total. The number of rotatable bonds is 5. The van der Waals surface area contributed by atoms with E-state index in [0.29, 0.717) is 11.3 Å². The summed E-state index contributed by atoms with van der Waals surface area (Å²) in [7, 11) is 1.86. The summed E-state index contributed by atoms with van der Waals surface area (Å²) < 4.78 is 7.08. The zero-order chi connectivity index (χ0) is 23.2. The van der Waals surface area contributed by atoms with Gasteiger partial charge in [0.1, 0.15) is 0 Å². The molecule has 1 aliphatic heterocycles. The molecule has 2 heterocycles. The summed E-state index contributed by atoms with van der Waals surface area (Å²) in [5, 5.41) is 0. The fraction of sp³-hybridized carbons (Fsp3) is 0.200. The third-order valence-corrected chi connectivity index (χ3v) is 5.89. The van der Waals surface area contributed by atoms with E-state index >= 15 is 0 Å². The second-order valence-electron chi connectivity index (χ2n) is 7.84. The summed E-state index contributed by atoms with van der Waals surface area (Å²) >= 11 is 0. The quantitative estimate of drug-likeness (QED) is 0.349. The largest absolute Gasteiger partial charge is 0.454 e. The summed E-state index contributed by atoms with van der Waals surface area (Å²) in [5.74, 6) is -1.98. The number of Topliss-reactive ketones (excluding diaryl/α,β-unsaturated/α-hetero) is 1. The highest BCUT2D eigenvalue weighted by Crippen LogP contribution is 2.31. The molecule has 7 heteroatoms. The maximum atomic E-state index is 13.0. The predicted octanol–water partition coefficient (Wildman–Crippen LogP) is 3.79. The van der Waals surface area contributed by atoms with Crippen LogP contribution in [-0.2, 0) is 11.8 Å². The van der Waals surface area contributed by atoms with Crippen LogP contribution in [0.2, 0.25) is 0 Å². The molecule has 0 saturated heterocycles. The van der Waals surface area contributed by atoms with Gasteiger partial charge in [-0.25, -0.2) is 9.69 Å². The lowest BCUT2D eigenvalue weighted by Gasteiger charge is -2.16. The second-order valence-corrected chi connectivity index (χ2v) is 7.84. The summed E-state index contributed by atoms with van der Waals surface area (Å²) in [6, 6.07) is 13.1. The lowest BCUT2D eigenvalue weighted by atomic mass is 10.1. The number of ether oxygens (including phenoxy) is 1. The van der Waals surface area contributed by atoms with Gasteiger partial charge in [-0.05, 0) is 56.7 Å². The van der Waals surface area contributed by atoms with E-state index < -0.39 is 24.4 Å². The number of ketones is 1. The highest BCUT2D eigenvalue weighted by molar-refractivity contribution is 6.35. The standard InChI is InChI=1S/C25H22N2O5/c1-14-7-5-6-8-21(14)27-23(29)18-10-9-17(12-20(18)24(27)30)25(31)32-13-22(28)19-11-15(2)26(4)16(19)3/h5-12H,13H2,1-4H3. The maximum absolute atomic E-state index is 13.0. The van der Waals surface area contributed by atoms with Crippen LogP contribution < -0.4 is 4.90 Å². The predicted molar refractivity (Wildman–Crippen MR) is 118 cm³/mol. The lowest BCUT2D eigenvalue weighted by molar-refractivity contribution is 0.0474. The molecule has 2 amide bonds. The van der Waals surface area contributed by atoms with E-state index in [1.54, 1.807) is 18.2 Å². The van der Waals surface area contributed by atoms with Crippen molar-refractivity contribution in [1.82, 2.24) is 4.57 Å². The Morgan fingerprint density at radius 3 is 2.25 bits per heavy atom. The molecular weight excluding hydrogens is 408 g/mol. The SMILES string of the molecule is Cc1ccccc1N1C(=O)c2ccc(C(=O)OCC(=O)c3cc(C)n(C)c3C)cc2C1=O. The minimum atomic E-state index is -0.735. The van der Waals surface area contributed by atoms with Gasteiger partial charge in [-0.1, -0.05) is 18.2 Å². The van der Waals surface area contributed by atoms with Gasteiger partial charge in [-0.3, -0.25) is 14.4 Å². The molecule has 1 aliphatic rings. The number of fused-ring (bicyclic) bond motifs is 1. The van der Waals surface area contributed by atoms with Gasteiger partial charge in [-0.15, -0.1) is 0 Å². The number of aromatic nitrogens is 1. The molecule has 0 unspecified atom stereocenters. The van der Waals surface area contributed by atoms with E-state index in [0.717, 1.165) is 21.9 Å². The molecule has 0 radical (unpaired) electrons. The molecule has 0 spiro atoms. The zero-order valence-corrected chi connectivity index (χ0v) is 18.3. The first-order valence-corrected chi connectivity index (χ1v) is 10.1. The molecule has 4 rings (SSSR count). The third kappa shape index (κ3) is 3.41. The summed E-state index contributed by atoms with van der Waals surface area (Å²) in [6.45, 7) is 5.11. The number of para-hydroxylation sites is 1. The highest BCUT2D eigenvalue weighted by Gasteiger charge is 2.37. The molecule has 2 aromatic carbocycles. The first-order chi connectivity index (χ1) is 15.2. The van der Waals surface area contributed by atoms with E-state index in [-0.39, 0.29) is 22.5 Å². The average Bonchev–Trinajstić information content (AvgIpc) is 3.19. The van der Waals surface area contributed by atoms with Crippen molar-refractivity contribution < 1.29 is 23.9 Å². The van der Waals surface area contributed by atoms with E-state index in [1.807, 2.05) is 44.5 Å². The van der Waals surface area contributed by atoms with E-state index in [4.69, 9.17) is 4.74 Å². The maximum Gasteiger partial charge on any atom is 0.338 e. The fourth-order valence-electron chi connectivity index (χ4n) is 3.83. The van der Waals surface area contributed by atoms with E-state index in [2.05, 4.69) is 0 Å². The number of esters is 1. The van der Waals surface area contributed by atoms with Crippen LogP contribution in [0, 0.1) is 20.8 Å². The van der Waals surface area contributed by atoms with Crippen molar-refractivity contribution in [1.29, 1.82) is 0 Å². The second kappa shape index (κ2) is 7.92. The third-order valence-electron chi connectivity index (χ3n) is 5.89. The van der Waals surface area contributed by atoms with Crippen molar-refractivity contribution in [2.75, 3.05) is 11.5 Å². The van der Waals surface area contributed by atoms with Crippen molar-refractivity contribution >= 4 is 29.3 Å². The zero-order valence-electron chi connectivity index (χ0n) is 18.3. The van der Waals surface area contributed by atoms with Crippen LogP contribution in [0.25, 0.3) is 0 Å². The minimum absolute atomic E-state index is 0.102. The Bertz CT molecular complexity index is 1300. The van der Waals surface area contributed by atoms with Gasteiger partial charge in [0.05, 0.1) is 22.4 Å². The van der Waals surface area contributed by atoms with Crippen LogP contribution >= 0.6 is 0 Å². The van der Waals surface area contributed by atoms with Gasteiger partial charge in [0.25, 0.3) is 11.8 Å². The Morgan fingerprint density at radius 2 is 1.59 bits per heavy atom. The number of hydrogen-bond acceptors (Lipinski definition) is 5. The van der Waals surface area contributed by atoms with E-state index in [1.165, 1.54) is 18.2 Å². The van der Waals surface area contributed by atoms with Gasteiger partial charge in [0, 0.05) is 24.0 Å². The topological polar surface area (TPSA) is 85.7 Å². The molecular formula is C25H22N2O5. The molecule has 0 saturated carbocycles. The number of aryl methyl sites for hydroxylation is 2. The van der Waals surface area contributed by atoms with Gasteiger partial charge in [0.2, 0.25) is 5.78 Å². The number of benzene rings is 2. The van der Waals surface area contributed by atoms with Crippen LogP contribution in [0.3, 0.4) is 0 Å². The lowest BCUT2D eigenvalue weighted by Crippen LogP contribution is -2.29. The Morgan fingerprint density at radius 1 is 0.906 bits per heavy atom. The smallest absolute Gasteiger partial charge is 0.338 e. The number of hydrogen-bond donors (Lipinski definition) is 0. The van der Waals surface area contributed by atoms with Crippen molar-refractivity contribution in [2.24, 2.45) is 7.05 Å². The Labute approximate surface area is 185 Å². The first-order valence-electron chi connectivity index (χ1n) is 10.1. The monoisotopic (exact) mass is 430 g/mol. The first kappa shape index (κ1) is 21.2. The van der Waals surface area contributed by atoms with Gasteiger partial charge >= 0.3 is 5.97 Å². The summed E-state index contributed by atoms with van der Waals surface area (Å²) in [4.78, 5) is 51.9. The van der Waals surface area contributed by atoms with Crippen molar-refractivity contribution in [2.45, 2.75) is 20.8 Å². The van der Waals surface area contributed by atoms with Crippen LogP contribution in [0.15, 0.2) is 48.5 Å². The number of imide groups is 1. The number of amides is 2. The minimum Gasteiger partial charge on any atom is -0.454 e. The van der Waals surface area contributed by atoms with Crippen LogP contribution in [0.1, 0.15) is 58.4 Å². The van der Waals surface area contributed by atoms with Crippen molar-refractivity contribution in [3.63, 3.8) is 0 Å². The molecule has 0 atom stereocenters. The van der Waals surface area contributed by atoms with Gasteiger partial charge in [0.15, 0.2) is 6.61 Å². The van der Waals surface area contributed by atoms with Crippen molar-refractivity contribution in [3.8, 4) is 0 Å². The van der Waals surface area contributed by atoms with Crippen LogP contribution in [0.4, 0.5) is 5.69 Å². The molecule has 32 heavy (non-hydrogen) atoms. The molecule has 0 bridgehead atoms. The Balaban J connectivity index is 1.53. The molecule has 162 valence electrons. The molecule has 0 fully saturated rings. The van der Waals surface area contributed by atoms with Crippen molar-refractivity contribution in [3.05, 3.63) is 87.7 Å². The molecule has 0 N–H and O–H groups in total. The molecule has 1 aromatic heterocycles. The number of carbonyl (C=O) groups excluding carboxylic acids is 4.